The van der Waals surface area contributed by atoms with Gasteiger partial charge < -0.3 is 14.6 Å². The first-order chi connectivity index (χ1) is 11.7. The van der Waals surface area contributed by atoms with Crippen molar-refractivity contribution >= 4 is 23.4 Å². The molecule has 1 aromatic heterocycles. The molecule has 2 aromatic rings. The van der Waals surface area contributed by atoms with E-state index in [-0.39, 0.29) is 11.7 Å². The number of carbonyl (C=O) groups excluding carboxylic acids is 1. The Morgan fingerprint density at radius 2 is 2.17 bits per heavy atom. The number of hydrogen-bond acceptors (Lipinski definition) is 5. The lowest BCUT2D eigenvalue weighted by Crippen LogP contribution is -2.14. The Kier molecular flexibility index (Phi) is 5.20. The Bertz CT molecular complexity index is 723. The third kappa shape index (κ3) is 3.97. The lowest BCUT2D eigenvalue weighted by atomic mass is 10.3. The molecule has 0 spiro atoms. The average molecular weight is 344 g/mol. The van der Waals surface area contributed by atoms with Gasteiger partial charge in [-0.25, -0.2) is 0 Å². The third-order valence-corrected chi connectivity index (χ3v) is 4.67. The van der Waals surface area contributed by atoms with Crippen molar-refractivity contribution < 1.29 is 9.53 Å². The Morgan fingerprint density at radius 3 is 2.79 bits per heavy atom. The Labute approximate surface area is 145 Å². The smallest absolute Gasteiger partial charge is 0.234 e. The minimum atomic E-state index is -0.0775. The summed E-state index contributed by atoms with van der Waals surface area (Å²) in [5, 5.41) is 12.1. The molecular weight excluding hydrogens is 324 g/mol. The van der Waals surface area contributed by atoms with E-state index in [1.165, 1.54) is 11.8 Å². The van der Waals surface area contributed by atoms with E-state index in [1.807, 2.05) is 30.3 Å². The molecule has 24 heavy (non-hydrogen) atoms. The molecule has 126 valence electrons. The zero-order valence-electron chi connectivity index (χ0n) is 13.6. The van der Waals surface area contributed by atoms with Crippen molar-refractivity contribution in [3.63, 3.8) is 0 Å². The molecule has 0 unspecified atom stereocenters. The molecule has 1 aliphatic carbocycles. The molecule has 1 heterocycles. The molecule has 0 saturated heterocycles. The van der Waals surface area contributed by atoms with Crippen LogP contribution < -0.4 is 10.1 Å². The predicted molar refractivity (Wildman–Crippen MR) is 94.5 cm³/mol. The van der Waals surface area contributed by atoms with Gasteiger partial charge in [-0.1, -0.05) is 17.8 Å². The van der Waals surface area contributed by atoms with Crippen LogP contribution in [0.1, 0.15) is 24.6 Å². The number of methoxy groups -OCH3 is 1. The van der Waals surface area contributed by atoms with E-state index in [1.54, 1.807) is 7.11 Å². The zero-order chi connectivity index (χ0) is 16.9. The Hall–Kier alpha value is -2.28. The molecule has 1 fully saturated rings. The van der Waals surface area contributed by atoms with E-state index >= 15 is 0 Å². The Balaban J connectivity index is 1.58. The number of thioether (sulfide) groups is 1. The molecule has 0 atom stereocenters. The van der Waals surface area contributed by atoms with E-state index in [9.17, 15) is 4.79 Å². The first-order valence-corrected chi connectivity index (χ1v) is 8.80. The van der Waals surface area contributed by atoms with Crippen LogP contribution in [-0.4, -0.2) is 33.5 Å². The summed E-state index contributed by atoms with van der Waals surface area (Å²) in [5.74, 6) is 2.48. The number of benzene rings is 1. The maximum absolute atomic E-state index is 12.1. The monoisotopic (exact) mass is 344 g/mol. The van der Waals surface area contributed by atoms with Gasteiger partial charge in [-0.3, -0.25) is 4.79 Å². The third-order valence-electron chi connectivity index (χ3n) is 3.71. The summed E-state index contributed by atoms with van der Waals surface area (Å²) in [6.07, 6.45) is 4.16. The number of anilines is 1. The van der Waals surface area contributed by atoms with Gasteiger partial charge in [0.1, 0.15) is 11.6 Å². The number of nitrogens with zero attached hydrogens (tertiary/aromatic N) is 3. The Morgan fingerprint density at radius 1 is 1.42 bits per heavy atom. The molecular formula is C17H20N4O2S. The van der Waals surface area contributed by atoms with E-state index in [2.05, 4.69) is 26.7 Å². The summed E-state index contributed by atoms with van der Waals surface area (Å²) < 4.78 is 7.15. The molecule has 3 rings (SSSR count). The van der Waals surface area contributed by atoms with Crippen LogP contribution in [0.4, 0.5) is 5.69 Å². The fourth-order valence-corrected chi connectivity index (χ4v) is 3.11. The molecule has 1 N–H and O–H groups in total. The van der Waals surface area contributed by atoms with E-state index in [0.29, 0.717) is 12.5 Å². The number of hydrogen-bond donors (Lipinski definition) is 1. The second-order valence-electron chi connectivity index (χ2n) is 5.58. The summed E-state index contributed by atoms with van der Waals surface area (Å²) in [5.41, 5.74) is 0.743. The van der Waals surface area contributed by atoms with Crippen LogP contribution >= 0.6 is 11.8 Å². The second kappa shape index (κ2) is 7.53. The van der Waals surface area contributed by atoms with Crippen molar-refractivity contribution in [2.45, 2.75) is 30.5 Å². The van der Waals surface area contributed by atoms with Crippen LogP contribution in [-0.2, 0) is 11.3 Å². The number of rotatable bonds is 8. The first-order valence-electron chi connectivity index (χ1n) is 7.82. The van der Waals surface area contributed by atoms with E-state index in [4.69, 9.17) is 4.74 Å². The predicted octanol–water partition coefficient (Wildman–Crippen LogP) is 3.08. The molecule has 0 aliphatic heterocycles. The molecule has 0 bridgehead atoms. The SMILES string of the molecule is C=CCn1c(SCC(=O)Nc2ccc(OC)cc2)nnc1C1CC1. The molecule has 7 heteroatoms. The van der Waals surface area contributed by atoms with E-state index < -0.39 is 0 Å². The fourth-order valence-electron chi connectivity index (χ4n) is 2.35. The maximum Gasteiger partial charge on any atom is 0.234 e. The van der Waals surface area contributed by atoms with Gasteiger partial charge in [0, 0.05) is 18.2 Å². The quantitative estimate of drug-likeness (QED) is 0.589. The number of ether oxygens (including phenoxy) is 1. The maximum atomic E-state index is 12.1. The summed E-state index contributed by atoms with van der Waals surface area (Å²) in [6, 6.07) is 7.25. The normalized spacial score (nSPS) is 13.5. The largest absolute Gasteiger partial charge is 0.497 e. The van der Waals surface area contributed by atoms with Crippen molar-refractivity contribution in [1.82, 2.24) is 14.8 Å². The summed E-state index contributed by atoms with van der Waals surface area (Å²) in [4.78, 5) is 12.1. The topological polar surface area (TPSA) is 69.0 Å². The van der Waals surface area contributed by atoms with Gasteiger partial charge in [0.2, 0.25) is 5.91 Å². The highest BCUT2D eigenvalue weighted by molar-refractivity contribution is 7.99. The fraction of sp³-hybridized carbons (Fsp3) is 0.353. The van der Waals surface area contributed by atoms with Gasteiger partial charge in [-0.05, 0) is 37.1 Å². The lowest BCUT2D eigenvalue weighted by Gasteiger charge is -2.08. The lowest BCUT2D eigenvalue weighted by molar-refractivity contribution is -0.113. The van der Waals surface area contributed by atoms with Crippen molar-refractivity contribution in [2.24, 2.45) is 0 Å². The first kappa shape index (κ1) is 16.6. The molecule has 6 nitrogen and oxygen atoms in total. The van der Waals surface area contributed by atoms with Gasteiger partial charge >= 0.3 is 0 Å². The van der Waals surface area contributed by atoms with Crippen LogP contribution in [0, 0.1) is 0 Å². The number of nitrogens with one attached hydrogen (secondary N) is 1. The van der Waals surface area contributed by atoms with E-state index in [0.717, 1.165) is 35.3 Å². The van der Waals surface area contributed by atoms with Crippen molar-refractivity contribution in [3.8, 4) is 5.75 Å². The van der Waals surface area contributed by atoms with Crippen molar-refractivity contribution in [2.75, 3.05) is 18.2 Å². The van der Waals surface area contributed by atoms with Gasteiger partial charge in [-0.2, -0.15) is 0 Å². The van der Waals surface area contributed by atoms with Crippen molar-refractivity contribution in [1.29, 1.82) is 0 Å². The van der Waals surface area contributed by atoms with Crippen LogP contribution in [0.2, 0.25) is 0 Å². The van der Waals surface area contributed by atoms with Crippen molar-refractivity contribution in [3.05, 3.63) is 42.7 Å². The molecule has 1 amide bonds. The highest BCUT2D eigenvalue weighted by atomic mass is 32.2. The van der Waals surface area contributed by atoms with Crippen LogP contribution in [0.15, 0.2) is 42.1 Å². The highest BCUT2D eigenvalue weighted by Gasteiger charge is 2.30. The zero-order valence-corrected chi connectivity index (χ0v) is 14.4. The number of carbonyl (C=O) groups is 1. The summed E-state index contributed by atoms with van der Waals surface area (Å²) in [7, 11) is 1.61. The van der Waals surface area contributed by atoms with Gasteiger partial charge in [0.05, 0.1) is 12.9 Å². The number of amides is 1. The highest BCUT2D eigenvalue weighted by Crippen LogP contribution is 2.40. The molecule has 0 radical (unpaired) electrons. The van der Waals surface area contributed by atoms with Gasteiger partial charge in [0.25, 0.3) is 0 Å². The number of allylic oxidation sites excluding steroid dienone is 1. The average Bonchev–Trinajstić information content (AvgIpc) is 3.36. The summed E-state index contributed by atoms with van der Waals surface area (Å²) >= 11 is 1.39. The van der Waals surface area contributed by atoms with Crippen LogP contribution in [0.3, 0.4) is 0 Å². The molecule has 1 saturated carbocycles. The minimum absolute atomic E-state index is 0.0775. The van der Waals surface area contributed by atoms with Gasteiger partial charge in [-0.15, -0.1) is 16.8 Å². The molecule has 1 aliphatic rings. The summed E-state index contributed by atoms with van der Waals surface area (Å²) in [6.45, 7) is 4.46. The minimum Gasteiger partial charge on any atom is -0.497 e. The van der Waals surface area contributed by atoms with Gasteiger partial charge in [0.15, 0.2) is 5.16 Å². The standard InChI is InChI=1S/C17H20N4O2S/c1-3-10-21-16(12-4-5-12)19-20-17(21)24-11-15(22)18-13-6-8-14(23-2)9-7-13/h3,6-9,12H,1,4-5,10-11H2,2H3,(H,18,22). The van der Waals surface area contributed by atoms with Crippen LogP contribution in [0.25, 0.3) is 0 Å². The second-order valence-corrected chi connectivity index (χ2v) is 6.52. The van der Waals surface area contributed by atoms with Crippen LogP contribution in [0.5, 0.6) is 5.75 Å². The number of aromatic nitrogens is 3. The molecule has 1 aromatic carbocycles.